The Morgan fingerprint density at radius 1 is 1.22 bits per heavy atom. The molecular formula is C17H19BrN4O. The van der Waals surface area contributed by atoms with Gasteiger partial charge >= 0.3 is 0 Å². The van der Waals surface area contributed by atoms with E-state index in [4.69, 9.17) is 0 Å². The van der Waals surface area contributed by atoms with Gasteiger partial charge in [-0.15, -0.1) is 10.2 Å². The van der Waals surface area contributed by atoms with Crippen LogP contribution in [0.3, 0.4) is 0 Å². The Hall–Kier alpha value is -1.69. The molecule has 0 radical (unpaired) electrons. The molecule has 1 unspecified atom stereocenters. The highest BCUT2D eigenvalue weighted by Crippen LogP contribution is 2.33. The molecule has 0 bridgehead atoms. The van der Waals surface area contributed by atoms with Crippen LogP contribution in [0.4, 0.5) is 0 Å². The summed E-state index contributed by atoms with van der Waals surface area (Å²) in [6.45, 7) is 2.63. The van der Waals surface area contributed by atoms with Crippen LogP contribution < -0.4 is 0 Å². The first-order chi connectivity index (χ1) is 11.2. The van der Waals surface area contributed by atoms with Crippen molar-refractivity contribution >= 4 is 21.8 Å². The topological polar surface area (TPSA) is 51.0 Å². The lowest BCUT2D eigenvalue weighted by atomic mass is 10.1. The normalized spacial score (nSPS) is 20.9. The summed E-state index contributed by atoms with van der Waals surface area (Å²) < 4.78 is 3.16. The van der Waals surface area contributed by atoms with E-state index in [1.54, 1.807) is 6.33 Å². The number of aromatic nitrogens is 3. The predicted octanol–water partition coefficient (Wildman–Crippen LogP) is 2.97. The largest absolute Gasteiger partial charge is 0.342 e. The van der Waals surface area contributed by atoms with E-state index < -0.39 is 0 Å². The summed E-state index contributed by atoms with van der Waals surface area (Å²) in [5.74, 6) is 2.07. The highest BCUT2D eigenvalue weighted by molar-refractivity contribution is 9.10. The number of rotatable bonds is 4. The minimum atomic E-state index is 0.321. The van der Waals surface area contributed by atoms with Gasteiger partial charge in [-0.3, -0.25) is 4.79 Å². The maximum atomic E-state index is 12.2. The van der Waals surface area contributed by atoms with Crippen LogP contribution in [0.1, 0.15) is 19.3 Å². The van der Waals surface area contributed by atoms with Gasteiger partial charge in [-0.25, -0.2) is 0 Å². The molecule has 2 aliphatic rings. The number of halogens is 1. The summed E-state index contributed by atoms with van der Waals surface area (Å²) in [5, 5.41) is 8.34. The van der Waals surface area contributed by atoms with Gasteiger partial charge in [-0.2, -0.15) is 0 Å². The summed E-state index contributed by atoms with van der Waals surface area (Å²) in [6, 6.07) is 8.12. The van der Waals surface area contributed by atoms with Crippen LogP contribution in [0.2, 0.25) is 0 Å². The number of amides is 1. The number of hydrogen-bond acceptors (Lipinski definition) is 3. The van der Waals surface area contributed by atoms with E-state index in [1.807, 2.05) is 29.2 Å². The van der Waals surface area contributed by atoms with Gasteiger partial charge in [0.15, 0.2) is 5.82 Å². The van der Waals surface area contributed by atoms with Crippen molar-refractivity contribution in [1.29, 1.82) is 0 Å². The summed E-state index contributed by atoms with van der Waals surface area (Å²) in [4.78, 5) is 14.2. The van der Waals surface area contributed by atoms with Gasteiger partial charge in [0.05, 0.1) is 0 Å². The first kappa shape index (κ1) is 14.9. The molecule has 2 fully saturated rings. The Morgan fingerprint density at radius 2 is 2.00 bits per heavy atom. The van der Waals surface area contributed by atoms with E-state index in [2.05, 4.69) is 30.7 Å². The summed E-state index contributed by atoms with van der Waals surface area (Å²) >= 11 is 3.45. The van der Waals surface area contributed by atoms with E-state index in [1.165, 1.54) is 0 Å². The zero-order valence-electron chi connectivity index (χ0n) is 12.9. The van der Waals surface area contributed by atoms with Crippen LogP contribution in [0.15, 0.2) is 35.1 Å². The van der Waals surface area contributed by atoms with Crippen molar-refractivity contribution in [2.24, 2.45) is 11.8 Å². The van der Waals surface area contributed by atoms with E-state index in [9.17, 15) is 4.79 Å². The van der Waals surface area contributed by atoms with E-state index >= 15 is 0 Å². The Balaban J connectivity index is 1.45. The lowest BCUT2D eigenvalue weighted by Crippen LogP contribution is -2.30. The summed E-state index contributed by atoms with van der Waals surface area (Å²) in [6.07, 6.45) is 5.03. The van der Waals surface area contributed by atoms with E-state index in [0.717, 1.165) is 54.8 Å². The van der Waals surface area contributed by atoms with Gasteiger partial charge in [0, 0.05) is 35.6 Å². The van der Waals surface area contributed by atoms with Crippen molar-refractivity contribution in [2.45, 2.75) is 25.8 Å². The fraction of sp³-hybridized carbons (Fsp3) is 0.471. The fourth-order valence-electron chi connectivity index (χ4n) is 3.26. The average Bonchev–Trinajstić information content (AvgIpc) is 3.14. The van der Waals surface area contributed by atoms with Crippen LogP contribution >= 0.6 is 15.9 Å². The third kappa shape index (κ3) is 3.17. The van der Waals surface area contributed by atoms with Crippen LogP contribution in [-0.4, -0.2) is 38.7 Å². The number of nitrogens with zero attached hydrogens (tertiary/aromatic N) is 4. The lowest BCUT2D eigenvalue weighted by molar-refractivity contribution is -0.131. The van der Waals surface area contributed by atoms with Gasteiger partial charge in [-0.05, 0) is 37.3 Å². The molecular weight excluding hydrogens is 356 g/mol. The van der Waals surface area contributed by atoms with Gasteiger partial charge in [-0.1, -0.05) is 28.1 Å². The van der Waals surface area contributed by atoms with Crippen LogP contribution in [-0.2, 0) is 11.3 Å². The van der Waals surface area contributed by atoms with Crippen molar-refractivity contribution in [2.75, 3.05) is 13.1 Å². The maximum Gasteiger partial charge on any atom is 0.225 e. The molecule has 1 saturated heterocycles. The molecule has 1 amide bonds. The Labute approximate surface area is 143 Å². The monoisotopic (exact) mass is 374 g/mol. The average molecular weight is 375 g/mol. The fourth-order valence-corrected chi connectivity index (χ4v) is 3.52. The molecule has 120 valence electrons. The van der Waals surface area contributed by atoms with Crippen molar-refractivity contribution in [3.8, 4) is 11.4 Å². The van der Waals surface area contributed by atoms with Gasteiger partial charge < -0.3 is 9.47 Å². The zero-order valence-corrected chi connectivity index (χ0v) is 14.4. The predicted molar refractivity (Wildman–Crippen MR) is 90.6 cm³/mol. The number of carbonyl (C=O) groups excluding carboxylic acids is 1. The number of carbonyl (C=O) groups is 1. The first-order valence-corrected chi connectivity index (χ1v) is 8.92. The second kappa shape index (κ2) is 6.07. The van der Waals surface area contributed by atoms with Gasteiger partial charge in [0.1, 0.15) is 6.33 Å². The Bertz CT molecular complexity index is 708. The molecule has 5 nitrogen and oxygen atoms in total. The van der Waals surface area contributed by atoms with E-state index in [-0.39, 0.29) is 0 Å². The first-order valence-electron chi connectivity index (χ1n) is 8.13. The second-order valence-corrected chi connectivity index (χ2v) is 7.44. The molecule has 1 aliphatic carbocycles. The minimum Gasteiger partial charge on any atom is -0.342 e. The van der Waals surface area contributed by atoms with Crippen LogP contribution in [0.5, 0.6) is 0 Å². The molecule has 23 heavy (non-hydrogen) atoms. The van der Waals surface area contributed by atoms with Crippen molar-refractivity contribution < 1.29 is 4.79 Å². The molecule has 1 aliphatic heterocycles. The molecule has 1 saturated carbocycles. The highest BCUT2D eigenvalue weighted by atomic mass is 79.9. The maximum absolute atomic E-state index is 12.2. The van der Waals surface area contributed by atoms with Gasteiger partial charge in [0.25, 0.3) is 0 Å². The van der Waals surface area contributed by atoms with Crippen LogP contribution in [0, 0.1) is 11.8 Å². The molecule has 2 aromatic rings. The molecule has 0 spiro atoms. The van der Waals surface area contributed by atoms with Crippen molar-refractivity contribution in [1.82, 2.24) is 19.7 Å². The van der Waals surface area contributed by atoms with Gasteiger partial charge in [0.2, 0.25) is 5.91 Å². The standard InChI is InChI=1S/C17H19BrN4O/c18-15-5-3-13(4-6-15)16-20-19-11-22(16)10-12-7-8-21(9-12)17(23)14-1-2-14/h3-6,11-12,14H,1-2,7-10H2. The molecule has 2 heterocycles. The second-order valence-electron chi connectivity index (χ2n) is 6.53. The quantitative estimate of drug-likeness (QED) is 0.826. The number of hydrogen-bond donors (Lipinski definition) is 0. The third-order valence-electron chi connectivity index (χ3n) is 4.70. The minimum absolute atomic E-state index is 0.321. The molecule has 1 aromatic carbocycles. The van der Waals surface area contributed by atoms with Crippen LogP contribution in [0.25, 0.3) is 11.4 Å². The SMILES string of the molecule is O=C(C1CC1)N1CCC(Cn2cnnc2-c2ccc(Br)cc2)C1. The summed E-state index contributed by atoms with van der Waals surface area (Å²) in [7, 11) is 0. The summed E-state index contributed by atoms with van der Waals surface area (Å²) in [5.41, 5.74) is 1.06. The molecule has 1 aromatic heterocycles. The smallest absolute Gasteiger partial charge is 0.225 e. The lowest BCUT2D eigenvalue weighted by Gasteiger charge is -2.17. The Morgan fingerprint density at radius 3 is 2.74 bits per heavy atom. The van der Waals surface area contributed by atoms with Crippen molar-refractivity contribution in [3.63, 3.8) is 0 Å². The molecule has 6 heteroatoms. The Kier molecular flexibility index (Phi) is 3.93. The zero-order chi connectivity index (χ0) is 15.8. The number of benzene rings is 1. The third-order valence-corrected chi connectivity index (χ3v) is 5.23. The molecule has 1 atom stereocenters. The number of likely N-dealkylation sites (tertiary alicyclic amines) is 1. The van der Waals surface area contributed by atoms with Crippen molar-refractivity contribution in [3.05, 3.63) is 35.1 Å². The molecule has 4 rings (SSSR count). The van der Waals surface area contributed by atoms with E-state index in [0.29, 0.717) is 17.7 Å². The molecule has 0 N–H and O–H groups in total. The highest BCUT2D eigenvalue weighted by Gasteiger charge is 2.36.